The van der Waals surface area contributed by atoms with Crippen LogP contribution in [0.25, 0.3) is 0 Å². The molecule has 0 saturated carbocycles. The van der Waals surface area contributed by atoms with Gasteiger partial charge in [-0.2, -0.15) is 8.78 Å². The molecule has 0 aliphatic rings. The van der Waals surface area contributed by atoms with Crippen LogP contribution in [0.15, 0.2) is 66.7 Å². The van der Waals surface area contributed by atoms with E-state index >= 15 is 0 Å². The molecule has 2 amide bonds. The summed E-state index contributed by atoms with van der Waals surface area (Å²) < 4.78 is 40.3. The number of carbonyl (C=O) groups is 2. The first-order chi connectivity index (χ1) is 15.9. The quantitative estimate of drug-likeness (QED) is 0.482. The number of hydrogen-bond acceptors (Lipinski definition) is 5. The van der Waals surface area contributed by atoms with Crippen LogP contribution in [-0.2, 0) is 13.2 Å². The fourth-order valence-corrected chi connectivity index (χ4v) is 3.06. The molecular weight excluding hydrogens is 434 g/mol. The number of benzene rings is 3. The van der Waals surface area contributed by atoms with Crippen molar-refractivity contribution in [2.45, 2.75) is 19.8 Å². The molecule has 0 aromatic heterocycles. The Balaban J connectivity index is 1.64. The Kier molecular flexibility index (Phi) is 7.80. The van der Waals surface area contributed by atoms with Gasteiger partial charge in [0, 0.05) is 12.1 Å². The Bertz CT molecular complexity index is 1140. The maximum Gasteiger partial charge on any atom is 0.387 e. The molecule has 0 heterocycles. The maximum atomic E-state index is 12.6. The molecule has 3 aromatic rings. The van der Waals surface area contributed by atoms with Gasteiger partial charge in [0.05, 0.1) is 12.7 Å². The van der Waals surface area contributed by atoms with Gasteiger partial charge in [0.25, 0.3) is 11.8 Å². The largest absolute Gasteiger partial charge is 0.493 e. The lowest BCUT2D eigenvalue weighted by atomic mass is 10.1. The van der Waals surface area contributed by atoms with E-state index in [-0.39, 0.29) is 36.1 Å². The molecule has 3 N–H and O–H groups in total. The predicted octanol–water partition coefficient (Wildman–Crippen LogP) is 3.90. The van der Waals surface area contributed by atoms with Crippen LogP contribution in [0.3, 0.4) is 0 Å². The van der Waals surface area contributed by atoms with Crippen LogP contribution < -0.4 is 25.3 Å². The average Bonchev–Trinajstić information content (AvgIpc) is 2.81. The van der Waals surface area contributed by atoms with E-state index in [1.54, 1.807) is 54.6 Å². The monoisotopic (exact) mass is 456 g/mol. The Labute approximate surface area is 189 Å². The number of methoxy groups -OCH3 is 1. The third-order valence-corrected chi connectivity index (χ3v) is 4.63. The Hall–Kier alpha value is -4.14. The highest BCUT2D eigenvalue weighted by molar-refractivity contribution is 5.95. The number of nitrogens with two attached hydrogens (primary N) is 1. The lowest BCUT2D eigenvalue weighted by Gasteiger charge is -2.12. The minimum absolute atomic E-state index is 0.0924. The third kappa shape index (κ3) is 6.42. The predicted molar refractivity (Wildman–Crippen MR) is 117 cm³/mol. The summed E-state index contributed by atoms with van der Waals surface area (Å²) in [6, 6.07) is 17.9. The van der Waals surface area contributed by atoms with Gasteiger partial charge in [-0.3, -0.25) is 9.59 Å². The summed E-state index contributed by atoms with van der Waals surface area (Å²) >= 11 is 0. The van der Waals surface area contributed by atoms with Crippen molar-refractivity contribution in [3.63, 3.8) is 0 Å². The zero-order valence-electron chi connectivity index (χ0n) is 17.7. The van der Waals surface area contributed by atoms with Crippen molar-refractivity contribution >= 4 is 11.8 Å². The van der Waals surface area contributed by atoms with Crippen LogP contribution in [0.1, 0.15) is 31.8 Å². The number of rotatable bonds is 10. The Morgan fingerprint density at radius 1 is 0.939 bits per heavy atom. The molecule has 3 rings (SSSR count). The van der Waals surface area contributed by atoms with Gasteiger partial charge in [0.1, 0.15) is 12.4 Å². The molecule has 0 fully saturated rings. The molecule has 3 aromatic carbocycles. The fraction of sp³-hybridized carbons (Fsp3) is 0.167. The van der Waals surface area contributed by atoms with E-state index in [1.165, 1.54) is 19.2 Å². The summed E-state index contributed by atoms with van der Waals surface area (Å²) in [4.78, 5) is 24.1. The number of ether oxygens (including phenoxy) is 3. The number of primary amides is 1. The SMILES string of the molecule is COc1ccc(CNC(=O)c2cccc(COc3ccccc3C(N)=O)c2)cc1OC(F)F. The van der Waals surface area contributed by atoms with Crippen molar-refractivity contribution in [2.75, 3.05) is 7.11 Å². The molecule has 172 valence electrons. The van der Waals surface area contributed by atoms with Gasteiger partial charge in [-0.05, 0) is 47.5 Å². The minimum atomic E-state index is -3.00. The number of halogens is 2. The maximum absolute atomic E-state index is 12.6. The molecule has 0 aliphatic heterocycles. The van der Waals surface area contributed by atoms with Gasteiger partial charge in [0.15, 0.2) is 11.5 Å². The van der Waals surface area contributed by atoms with Crippen LogP contribution in [0.4, 0.5) is 8.78 Å². The summed E-state index contributed by atoms with van der Waals surface area (Å²) in [6.45, 7) is -2.78. The zero-order valence-corrected chi connectivity index (χ0v) is 17.7. The second-order valence-electron chi connectivity index (χ2n) is 6.90. The van der Waals surface area contributed by atoms with Crippen LogP contribution in [0.2, 0.25) is 0 Å². The van der Waals surface area contributed by atoms with Gasteiger partial charge < -0.3 is 25.3 Å². The molecule has 0 unspecified atom stereocenters. The second-order valence-corrected chi connectivity index (χ2v) is 6.90. The van der Waals surface area contributed by atoms with Gasteiger partial charge in [-0.15, -0.1) is 0 Å². The summed E-state index contributed by atoms with van der Waals surface area (Å²) in [5.74, 6) is -0.562. The van der Waals surface area contributed by atoms with Crippen molar-refractivity contribution in [1.82, 2.24) is 5.32 Å². The van der Waals surface area contributed by atoms with E-state index in [9.17, 15) is 18.4 Å². The normalized spacial score (nSPS) is 10.5. The molecule has 0 spiro atoms. The number of nitrogens with one attached hydrogen (secondary N) is 1. The van der Waals surface area contributed by atoms with Gasteiger partial charge in [-0.1, -0.05) is 30.3 Å². The van der Waals surface area contributed by atoms with E-state index < -0.39 is 12.5 Å². The first kappa shape index (κ1) is 23.5. The Morgan fingerprint density at radius 2 is 1.73 bits per heavy atom. The number of amides is 2. The fourth-order valence-electron chi connectivity index (χ4n) is 3.06. The zero-order chi connectivity index (χ0) is 23.8. The third-order valence-electron chi connectivity index (χ3n) is 4.63. The first-order valence-electron chi connectivity index (χ1n) is 9.88. The van der Waals surface area contributed by atoms with Gasteiger partial charge in [0.2, 0.25) is 0 Å². The van der Waals surface area contributed by atoms with Crippen LogP contribution in [0.5, 0.6) is 17.2 Å². The van der Waals surface area contributed by atoms with E-state index in [1.807, 2.05) is 0 Å². The molecule has 33 heavy (non-hydrogen) atoms. The van der Waals surface area contributed by atoms with Crippen molar-refractivity contribution in [1.29, 1.82) is 0 Å². The summed E-state index contributed by atoms with van der Waals surface area (Å²) in [5.41, 5.74) is 7.27. The highest BCUT2D eigenvalue weighted by atomic mass is 19.3. The number of para-hydroxylation sites is 1. The van der Waals surface area contributed by atoms with Gasteiger partial charge >= 0.3 is 6.61 Å². The lowest BCUT2D eigenvalue weighted by molar-refractivity contribution is -0.0512. The minimum Gasteiger partial charge on any atom is -0.493 e. The van der Waals surface area contributed by atoms with E-state index in [0.717, 1.165) is 0 Å². The Morgan fingerprint density at radius 3 is 2.45 bits per heavy atom. The molecule has 0 saturated heterocycles. The van der Waals surface area contributed by atoms with Crippen molar-refractivity contribution < 1.29 is 32.6 Å². The molecule has 9 heteroatoms. The standard InChI is InChI=1S/C24H22F2N2O5/c1-31-20-10-9-15(12-21(20)33-24(25)26)13-28-23(30)17-6-4-5-16(11-17)14-32-19-8-3-2-7-18(19)22(27)29/h2-12,24H,13-14H2,1H3,(H2,27,29)(H,28,30). The van der Waals surface area contributed by atoms with Crippen LogP contribution in [0, 0.1) is 0 Å². The molecule has 7 nitrogen and oxygen atoms in total. The first-order valence-corrected chi connectivity index (χ1v) is 9.88. The average molecular weight is 456 g/mol. The van der Waals surface area contributed by atoms with Crippen molar-refractivity contribution in [3.05, 3.63) is 89.0 Å². The summed E-state index contributed by atoms with van der Waals surface area (Å²) in [5, 5.41) is 2.73. The number of alkyl halides is 2. The van der Waals surface area contributed by atoms with Crippen LogP contribution >= 0.6 is 0 Å². The highest BCUT2D eigenvalue weighted by Crippen LogP contribution is 2.29. The van der Waals surface area contributed by atoms with E-state index in [0.29, 0.717) is 22.4 Å². The van der Waals surface area contributed by atoms with Crippen molar-refractivity contribution in [2.24, 2.45) is 5.73 Å². The number of hydrogen-bond donors (Lipinski definition) is 2. The van der Waals surface area contributed by atoms with Crippen LogP contribution in [-0.4, -0.2) is 25.5 Å². The molecule has 0 radical (unpaired) electrons. The molecule has 0 atom stereocenters. The summed E-state index contributed by atoms with van der Waals surface area (Å²) in [6.07, 6.45) is 0. The van der Waals surface area contributed by atoms with Crippen molar-refractivity contribution in [3.8, 4) is 17.2 Å². The molecule has 0 bridgehead atoms. The topological polar surface area (TPSA) is 99.9 Å². The molecular formula is C24H22F2N2O5. The lowest BCUT2D eigenvalue weighted by Crippen LogP contribution is -2.23. The summed E-state index contributed by atoms with van der Waals surface area (Å²) in [7, 11) is 1.35. The van der Waals surface area contributed by atoms with E-state index in [4.69, 9.17) is 15.2 Å². The number of carbonyl (C=O) groups excluding carboxylic acids is 2. The van der Waals surface area contributed by atoms with Gasteiger partial charge in [-0.25, -0.2) is 0 Å². The van der Waals surface area contributed by atoms with E-state index in [2.05, 4.69) is 10.1 Å². The smallest absolute Gasteiger partial charge is 0.387 e. The molecule has 0 aliphatic carbocycles. The highest BCUT2D eigenvalue weighted by Gasteiger charge is 2.13. The second kappa shape index (κ2) is 10.9.